The van der Waals surface area contributed by atoms with Gasteiger partial charge < -0.3 is 5.32 Å². The summed E-state index contributed by atoms with van der Waals surface area (Å²) < 4.78 is 0. The average molecular weight is 285 g/mol. The first-order valence-electron chi connectivity index (χ1n) is 7.16. The lowest BCUT2D eigenvalue weighted by atomic mass is 10.0. The summed E-state index contributed by atoms with van der Waals surface area (Å²) in [4.78, 5) is 13.1. The van der Waals surface area contributed by atoms with Crippen LogP contribution in [0.3, 0.4) is 0 Å². The van der Waals surface area contributed by atoms with Crippen molar-refractivity contribution in [1.82, 2.24) is 5.32 Å². The third-order valence-corrected chi connectivity index (χ3v) is 4.79. The lowest BCUT2D eigenvalue weighted by Crippen LogP contribution is -2.27. The van der Waals surface area contributed by atoms with Crippen LogP contribution in [-0.4, -0.2) is 5.91 Å². The van der Waals surface area contributed by atoms with Crippen LogP contribution in [0.1, 0.15) is 41.0 Å². The molecule has 1 aromatic heterocycles. The molecule has 2 aromatic rings. The molecule has 104 valence electrons. The summed E-state index contributed by atoms with van der Waals surface area (Å²) in [5.74, 6) is 0.0976. The van der Waals surface area contributed by atoms with Gasteiger partial charge in [0.1, 0.15) is 0 Å². The minimum atomic E-state index is 0.0772. The van der Waals surface area contributed by atoms with Crippen molar-refractivity contribution in [3.63, 3.8) is 0 Å². The van der Waals surface area contributed by atoms with Gasteiger partial charge >= 0.3 is 0 Å². The van der Waals surface area contributed by atoms with Crippen molar-refractivity contribution < 1.29 is 4.79 Å². The van der Waals surface area contributed by atoms with E-state index in [0.717, 1.165) is 4.88 Å². The second kappa shape index (κ2) is 5.80. The van der Waals surface area contributed by atoms with Crippen LogP contribution in [0.25, 0.3) is 0 Å². The number of benzene rings is 1. The minimum absolute atomic E-state index is 0.0772. The summed E-state index contributed by atoms with van der Waals surface area (Å²) in [5, 5.41) is 5.10. The largest absolute Gasteiger partial charge is 0.349 e. The molecule has 20 heavy (non-hydrogen) atoms. The van der Waals surface area contributed by atoms with Crippen molar-refractivity contribution in [3.8, 4) is 0 Å². The molecule has 2 nitrogen and oxygen atoms in total. The molecular weight excluding hydrogens is 266 g/mol. The van der Waals surface area contributed by atoms with Crippen LogP contribution >= 0.6 is 11.3 Å². The van der Waals surface area contributed by atoms with Gasteiger partial charge in [-0.2, -0.15) is 0 Å². The third kappa shape index (κ3) is 2.93. The van der Waals surface area contributed by atoms with Gasteiger partial charge in [-0.3, -0.25) is 4.79 Å². The van der Waals surface area contributed by atoms with E-state index in [1.807, 2.05) is 17.5 Å². The molecule has 0 spiro atoms. The zero-order valence-electron chi connectivity index (χ0n) is 11.7. The molecule has 3 heteroatoms. The Kier molecular flexibility index (Phi) is 3.88. The minimum Gasteiger partial charge on any atom is -0.349 e. The number of nitrogens with one attached hydrogen (secondary N) is 1. The van der Waals surface area contributed by atoms with Gasteiger partial charge in [-0.25, -0.2) is 0 Å². The molecule has 0 fully saturated rings. The highest BCUT2D eigenvalue weighted by Gasteiger charge is 2.15. The van der Waals surface area contributed by atoms with Crippen LogP contribution in [0.2, 0.25) is 0 Å². The third-order valence-electron chi connectivity index (χ3n) is 3.91. The van der Waals surface area contributed by atoms with Crippen LogP contribution in [0.4, 0.5) is 0 Å². The quantitative estimate of drug-likeness (QED) is 0.912. The molecule has 1 aliphatic carbocycles. The Morgan fingerprint density at radius 1 is 1.30 bits per heavy atom. The van der Waals surface area contributed by atoms with Crippen LogP contribution in [0, 0.1) is 0 Å². The summed E-state index contributed by atoms with van der Waals surface area (Å²) in [6, 6.07) is 10.7. The monoisotopic (exact) mass is 285 g/mol. The number of hydrogen-bond donors (Lipinski definition) is 1. The lowest BCUT2D eigenvalue weighted by Gasteiger charge is -2.15. The molecule has 0 aliphatic heterocycles. The smallest absolute Gasteiger partial charge is 0.225 e. The van der Waals surface area contributed by atoms with Crippen molar-refractivity contribution in [1.29, 1.82) is 0 Å². The number of hydrogen-bond acceptors (Lipinski definition) is 2. The zero-order chi connectivity index (χ0) is 13.9. The topological polar surface area (TPSA) is 29.1 Å². The molecule has 0 saturated carbocycles. The predicted molar refractivity (Wildman–Crippen MR) is 83.0 cm³/mol. The van der Waals surface area contributed by atoms with E-state index < -0.39 is 0 Å². The molecule has 1 aromatic carbocycles. The van der Waals surface area contributed by atoms with Gasteiger partial charge in [0.05, 0.1) is 12.5 Å². The van der Waals surface area contributed by atoms with Crippen molar-refractivity contribution in [2.24, 2.45) is 0 Å². The zero-order valence-corrected chi connectivity index (χ0v) is 12.5. The number of carbonyl (C=O) groups is 1. The molecule has 1 amide bonds. The van der Waals surface area contributed by atoms with Crippen molar-refractivity contribution in [2.45, 2.75) is 38.6 Å². The Balaban J connectivity index is 1.64. The van der Waals surface area contributed by atoms with E-state index in [0.29, 0.717) is 6.42 Å². The Hall–Kier alpha value is -1.61. The highest BCUT2D eigenvalue weighted by Crippen LogP contribution is 2.25. The summed E-state index contributed by atoms with van der Waals surface area (Å²) in [7, 11) is 0. The van der Waals surface area contributed by atoms with E-state index in [1.54, 1.807) is 11.3 Å². The normalized spacial score (nSPS) is 14.8. The molecule has 0 saturated heterocycles. The Morgan fingerprint density at radius 3 is 2.95 bits per heavy atom. The molecule has 0 radical (unpaired) electrons. The summed E-state index contributed by atoms with van der Waals surface area (Å²) in [6.45, 7) is 2.06. The van der Waals surface area contributed by atoms with E-state index in [4.69, 9.17) is 0 Å². The van der Waals surface area contributed by atoms with Crippen LogP contribution in [0.15, 0.2) is 35.7 Å². The highest BCUT2D eigenvalue weighted by molar-refractivity contribution is 7.10. The van der Waals surface area contributed by atoms with Gasteiger partial charge in [0.15, 0.2) is 0 Å². The molecule has 0 bridgehead atoms. The maximum absolute atomic E-state index is 12.0. The maximum atomic E-state index is 12.0. The van der Waals surface area contributed by atoms with Crippen molar-refractivity contribution in [2.75, 3.05) is 0 Å². The molecule has 1 N–H and O–H groups in total. The van der Waals surface area contributed by atoms with Crippen LogP contribution in [-0.2, 0) is 24.1 Å². The SMILES string of the molecule is C[C@H](NC(=O)Cc1cccs1)c1ccc2c(c1)CCC2. The highest BCUT2D eigenvalue weighted by atomic mass is 32.1. The summed E-state index contributed by atoms with van der Waals surface area (Å²) in [5.41, 5.74) is 4.15. The van der Waals surface area contributed by atoms with E-state index in [2.05, 4.69) is 30.4 Å². The van der Waals surface area contributed by atoms with Crippen LogP contribution < -0.4 is 5.32 Å². The van der Waals surface area contributed by atoms with Gasteiger partial charge in [-0.15, -0.1) is 11.3 Å². The standard InChI is InChI=1S/C17H19NOS/c1-12(18-17(19)11-16-6-3-9-20-16)14-8-7-13-4-2-5-15(13)10-14/h3,6-10,12H,2,4-5,11H2,1H3,(H,18,19)/t12-/m0/s1. The number of carbonyl (C=O) groups excluding carboxylic acids is 1. The average Bonchev–Trinajstić information content (AvgIpc) is 3.07. The second-order valence-corrected chi connectivity index (χ2v) is 6.46. The maximum Gasteiger partial charge on any atom is 0.225 e. The van der Waals surface area contributed by atoms with Crippen LogP contribution in [0.5, 0.6) is 0 Å². The van der Waals surface area contributed by atoms with Crippen molar-refractivity contribution >= 4 is 17.2 Å². The second-order valence-electron chi connectivity index (χ2n) is 5.43. The summed E-state index contributed by atoms with van der Waals surface area (Å²) >= 11 is 1.63. The van der Waals surface area contributed by atoms with E-state index >= 15 is 0 Å². The van der Waals surface area contributed by atoms with Crippen molar-refractivity contribution in [3.05, 3.63) is 57.3 Å². The van der Waals surface area contributed by atoms with Gasteiger partial charge in [0.2, 0.25) is 5.91 Å². The summed E-state index contributed by atoms with van der Waals surface area (Å²) in [6.07, 6.45) is 4.12. The number of thiophene rings is 1. The fraction of sp³-hybridized carbons (Fsp3) is 0.353. The fourth-order valence-electron chi connectivity index (χ4n) is 2.81. The first-order valence-corrected chi connectivity index (χ1v) is 8.04. The van der Waals surface area contributed by atoms with Gasteiger partial charge in [-0.1, -0.05) is 24.3 Å². The molecule has 0 unspecified atom stereocenters. The van der Waals surface area contributed by atoms with Gasteiger partial charge in [0, 0.05) is 4.88 Å². The van der Waals surface area contributed by atoms with Gasteiger partial charge in [0.25, 0.3) is 0 Å². The Bertz CT molecular complexity index is 603. The lowest BCUT2D eigenvalue weighted by molar-refractivity contribution is -0.121. The fourth-order valence-corrected chi connectivity index (χ4v) is 3.51. The van der Waals surface area contributed by atoms with E-state index in [9.17, 15) is 4.79 Å². The number of aryl methyl sites for hydroxylation is 2. The first kappa shape index (κ1) is 13.4. The Morgan fingerprint density at radius 2 is 2.15 bits per heavy atom. The molecular formula is C17H19NOS. The molecule has 1 atom stereocenters. The number of fused-ring (bicyclic) bond motifs is 1. The first-order chi connectivity index (χ1) is 9.72. The molecule has 1 heterocycles. The van der Waals surface area contributed by atoms with Gasteiger partial charge in [-0.05, 0) is 54.3 Å². The Labute approximate surface area is 123 Å². The molecule has 1 aliphatic rings. The number of rotatable bonds is 4. The molecule has 3 rings (SSSR count). The van der Waals surface area contributed by atoms with E-state index in [-0.39, 0.29) is 11.9 Å². The predicted octanol–water partition coefficient (Wildman–Crippen LogP) is 3.66. The number of amides is 1. The van der Waals surface area contributed by atoms with E-state index in [1.165, 1.54) is 36.0 Å².